The number of benzene rings is 2. The Labute approximate surface area is 109 Å². The van der Waals surface area contributed by atoms with Crippen molar-refractivity contribution in [3.63, 3.8) is 0 Å². The molecule has 0 spiro atoms. The molecule has 0 aliphatic carbocycles. The molecule has 1 aliphatic rings. The smallest absolute Gasteiger partial charge is 0.182 e. The summed E-state index contributed by atoms with van der Waals surface area (Å²) in [5, 5.41) is 0. The zero-order valence-corrected chi connectivity index (χ0v) is 10.3. The maximum atomic E-state index is 5.59. The Bertz CT molecular complexity index is 673. The molecule has 86 valence electrons. The molecule has 1 aromatic heterocycles. The van der Waals surface area contributed by atoms with Crippen molar-refractivity contribution in [3.05, 3.63) is 54.9 Å². The van der Waals surface area contributed by atoms with Gasteiger partial charge in [0.2, 0.25) is 0 Å². The summed E-state index contributed by atoms with van der Waals surface area (Å²) in [5.74, 6) is 0.864. The van der Waals surface area contributed by atoms with Crippen molar-refractivity contribution in [2.45, 2.75) is 9.79 Å². The topological polar surface area (TPSA) is 26.0 Å². The van der Waals surface area contributed by atoms with Gasteiger partial charge in [0.05, 0.1) is 0 Å². The second-order valence-electron chi connectivity index (χ2n) is 4.12. The Hall–Kier alpha value is -2.00. The lowest BCUT2D eigenvalue weighted by Gasteiger charge is -2.04. The van der Waals surface area contributed by atoms with Crippen molar-refractivity contribution >= 4 is 11.8 Å². The van der Waals surface area contributed by atoms with Gasteiger partial charge in [-0.2, -0.15) is 0 Å². The maximum Gasteiger partial charge on any atom is 0.182 e. The zero-order valence-electron chi connectivity index (χ0n) is 9.46. The predicted molar refractivity (Wildman–Crippen MR) is 71.5 cm³/mol. The molecule has 0 bridgehead atoms. The van der Waals surface area contributed by atoms with Crippen LogP contribution in [0.15, 0.2) is 69.1 Å². The molecule has 0 N–H and O–H groups in total. The van der Waals surface area contributed by atoms with Gasteiger partial charge in [-0.15, -0.1) is 0 Å². The van der Waals surface area contributed by atoms with E-state index in [0.29, 0.717) is 0 Å². The molecule has 18 heavy (non-hydrogen) atoms. The maximum absolute atomic E-state index is 5.59. The number of hydrogen-bond donors (Lipinski definition) is 0. The first-order valence-electron chi connectivity index (χ1n) is 5.73. The lowest BCUT2D eigenvalue weighted by atomic mass is 10.1. The minimum atomic E-state index is 0.864. The minimum Gasteiger partial charge on any atom is -0.443 e. The largest absolute Gasteiger partial charge is 0.443 e. The fourth-order valence-corrected chi connectivity index (χ4v) is 3.32. The summed E-state index contributed by atoms with van der Waals surface area (Å²) in [6.45, 7) is 0. The first kappa shape index (κ1) is 9.97. The van der Waals surface area contributed by atoms with Crippen LogP contribution in [0.5, 0.6) is 0 Å². The highest BCUT2D eigenvalue weighted by Gasteiger charge is 2.22. The van der Waals surface area contributed by atoms with Gasteiger partial charge in [0.1, 0.15) is 5.69 Å². The molecule has 2 aromatic carbocycles. The van der Waals surface area contributed by atoms with E-state index in [9.17, 15) is 0 Å². The third-order valence-corrected chi connectivity index (χ3v) is 4.21. The van der Waals surface area contributed by atoms with Gasteiger partial charge < -0.3 is 4.42 Å². The van der Waals surface area contributed by atoms with Crippen LogP contribution in [-0.2, 0) is 0 Å². The number of oxazole rings is 1. The van der Waals surface area contributed by atoms with E-state index in [1.807, 2.05) is 12.1 Å². The van der Waals surface area contributed by atoms with Crippen LogP contribution in [0.2, 0.25) is 0 Å². The van der Waals surface area contributed by atoms with Crippen LogP contribution in [-0.4, -0.2) is 4.98 Å². The molecular weight excluding hydrogens is 242 g/mol. The molecule has 0 radical (unpaired) electrons. The Morgan fingerprint density at radius 2 is 1.50 bits per heavy atom. The standard InChI is InChI=1S/C15H9NOS/c1-3-7-12-10(5-1)14-15(17-9-16-14)11-6-2-4-8-13(11)18-12/h1-9H. The fourth-order valence-electron chi connectivity index (χ4n) is 2.24. The first-order valence-corrected chi connectivity index (χ1v) is 6.55. The Kier molecular flexibility index (Phi) is 2.08. The van der Waals surface area contributed by atoms with Crippen molar-refractivity contribution in [2.24, 2.45) is 0 Å². The van der Waals surface area contributed by atoms with E-state index in [4.69, 9.17) is 4.42 Å². The minimum absolute atomic E-state index is 0.864. The molecular formula is C15H9NOS. The quantitative estimate of drug-likeness (QED) is 0.461. The van der Waals surface area contributed by atoms with Gasteiger partial charge in [-0.3, -0.25) is 0 Å². The predicted octanol–water partition coefficient (Wildman–Crippen LogP) is 4.47. The van der Waals surface area contributed by atoms with Crippen molar-refractivity contribution in [1.82, 2.24) is 4.98 Å². The Balaban J connectivity index is 2.12. The fraction of sp³-hybridized carbons (Fsp3) is 0. The summed E-state index contributed by atoms with van der Waals surface area (Å²) >= 11 is 1.76. The van der Waals surface area contributed by atoms with Crippen LogP contribution in [0, 0.1) is 0 Å². The summed E-state index contributed by atoms with van der Waals surface area (Å²) in [7, 11) is 0. The average Bonchev–Trinajstić information content (AvgIpc) is 2.84. The van der Waals surface area contributed by atoms with Crippen LogP contribution < -0.4 is 0 Å². The van der Waals surface area contributed by atoms with Crippen molar-refractivity contribution in [3.8, 4) is 22.6 Å². The third-order valence-electron chi connectivity index (χ3n) is 3.06. The highest BCUT2D eigenvalue weighted by molar-refractivity contribution is 7.99. The number of fused-ring (bicyclic) bond motifs is 5. The van der Waals surface area contributed by atoms with E-state index in [-0.39, 0.29) is 0 Å². The van der Waals surface area contributed by atoms with Crippen LogP contribution in [0.4, 0.5) is 0 Å². The third kappa shape index (κ3) is 1.34. The number of aromatic nitrogens is 1. The van der Waals surface area contributed by atoms with Gasteiger partial charge in [0.25, 0.3) is 0 Å². The summed E-state index contributed by atoms with van der Waals surface area (Å²) in [6.07, 6.45) is 1.52. The number of nitrogens with zero attached hydrogens (tertiary/aromatic N) is 1. The van der Waals surface area contributed by atoms with Gasteiger partial charge >= 0.3 is 0 Å². The Morgan fingerprint density at radius 1 is 0.833 bits per heavy atom. The summed E-state index contributed by atoms with van der Waals surface area (Å²) in [5.41, 5.74) is 3.19. The lowest BCUT2D eigenvalue weighted by molar-refractivity contribution is 0.571. The van der Waals surface area contributed by atoms with Crippen LogP contribution in [0.1, 0.15) is 0 Å². The highest BCUT2D eigenvalue weighted by atomic mass is 32.2. The normalized spacial score (nSPS) is 12.2. The number of rotatable bonds is 0. The second kappa shape index (κ2) is 3.75. The van der Waals surface area contributed by atoms with Crippen LogP contribution in [0.3, 0.4) is 0 Å². The summed E-state index contributed by atoms with van der Waals surface area (Å²) in [6, 6.07) is 16.6. The van der Waals surface area contributed by atoms with E-state index in [1.165, 1.54) is 16.2 Å². The van der Waals surface area contributed by atoms with Gasteiger partial charge in [-0.25, -0.2) is 4.98 Å². The van der Waals surface area contributed by atoms with Gasteiger partial charge in [-0.05, 0) is 12.1 Å². The number of hydrogen-bond acceptors (Lipinski definition) is 3. The summed E-state index contributed by atoms with van der Waals surface area (Å²) in [4.78, 5) is 6.81. The van der Waals surface area contributed by atoms with Gasteiger partial charge in [0, 0.05) is 20.9 Å². The van der Waals surface area contributed by atoms with Crippen molar-refractivity contribution in [2.75, 3.05) is 0 Å². The van der Waals surface area contributed by atoms with E-state index in [0.717, 1.165) is 22.6 Å². The van der Waals surface area contributed by atoms with Crippen molar-refractivity contribution < 1.29 is 4.42 Å². The molecule has 0 saturated heterocycles. The van der Waals surface area contributed by atoms with Crippen LogP contribution >= 0.6 is 11.8 Å². The van der Waals surface area contributed by atoms with Crippen LogP contribution in [0.25, 0.3) is 22.6 Å². The molecule has 0 atom stereocenters. The highest BCUT2D eigenvalue weighted by Crippen LogP contribution is 2.46. The molecule has 0 saturated carbocycles. The average molecular weight is 251 g/mol. The van der Waals surface area contributed by atoms with Crippen molar-refractivity contribution in [1.29, 1.82) is 0 Å². The molecule has 3 aromatic rings. The molecule has 0 fully saturated rings. The van der Waals surface area contributed by atoms with E-state index in [2.05, 4.69) is 41.4 Å². The van der Waals surface area contributed by atoms with Gasteiger partial charge in [0.15, 0.2) is 12.2 Å². The monoisotopic (exact) mass is 251 g/mol. The first-order chi connectivity index (χ1) is 8.93. The summed E-state index contributed by atoms with van der Waals surface area (Å²) < 4.78 is 5.59. The van der Waals surface area contributed by atoms with E-state index >= 15 is 0 Å². The Morgan fingerprint density at radius 3 is 2.33 bits per heavy atom. The second-order valence-corrected chi connectivity index (χ2v) is 5.21. The molecule has 2 heterocycles. The zero-order chi connectivity index (χ0) is 11.9. The SMILES string of the molecule is c1ccc2c(c1)Sc1ccccc1-c1ocnc1-2. The van der Waals surface area contributed by atoms with E-state index in [1.54, 1.807) is 11.8 Å². The molecule has 0 unspecified atom stereocenters. The molecule has 1 aliphatic heterocycles. The van der Waals surface area contributed by atoms with E-state index < -0.39 is 0 Å². The molecule has 3 heteroatoms. The van der Waals surface area contributed by atoms with Gasteiger partial charge in [-0.1, -0.05) is 48.2 Å². The lowest BCUT2D eigenvalue weighted by Crippen LogP contribution is -1.81. The molecule has 2 nitrogen and oxygen atoms in total. The molecule has 4 rings (SSSR count). The molecule has 0 amide bonds.